The van der Waals surface area contributed by atoms with E-state index in [-0.39, 0.29) is 5.41 Å². The minimum absolute atomic E-state index is 0.213. The van der Waals surface area contributed by atoms with Gasteiger partial charge in [-0.05, 0) is 25.8 Å². The molecule has 0 aromatic heterocycles. The summed E-state index contributed by atoms with van der Waals surface area (Å²) in [4.78, 5) is 0. The van der Waals surface area contributed by atoms with Crippen LogP contribution in [0.2, 0.25) is 0 Å². The predicted octanol–water partition coefficient (Wildman–Crippen LogP) is 2.71. The summed E-state index contributed by atoms with van der Waals surface area (Å²) in [5, 5.41) is 12.9. The van der Waals surface area contributed by atoms with Crippen LogP contribution in [0.4, 0.5) is 0 Å². The van der Waals surface area contributed by atoms with E-state index in [0.717, 1.165) is 13.1 Å². The molecule has 0 spiro atoms. The maximum Gasteiger partial charge on any atom is 0.0499 e. The highest BCUT2D eigenvalue weighted by atomic mass is 16.3. The van der Waals surface area contributed by atoms with E-state index in [0.29, 0.717) is 6.61 Å². The molecule has 90 valence electrons. The molecule has 0 aromatic carbocycles. The number of aliphatic hydroxyl groups is 1. The van der Waals surface area contributed by atoms with Crippen molar-refractivity contribution in [3.8, 4) is 0 Å². The first-order valence-corrected chi connectivity index (χ1v) is 6.64. The van der Waals surface area contributed by atoms with Gasteiger partial charge < -0.3 is 10.4 Å². The van der Waals surface area contributed by atoms with E-state index in [2.05, 4.69) is 12.2 Å². The Morgan fingerprint density at radius 3 is 2.60 bits per heavy atom. The molecule has 1 unspecified atom stereocenters. The van der Waals surface area contributed by atoms with E-state index in [1.54, 1.807) is 0 Å². The van der Waals surface area contributed by atoms with Gasteiger partial charge in [-0.2, -0.15) is 0 Å². The summed E-state index contributed by atoms with van der Waals surface area (Å²) >= 11 is 0. The Balaban J connectivity index is 2.15. The van der Waals surface area contributed by atoms with Crippen LogP contribution in [-0.4, -0.2) is 24.8 Å². The van der Waals surface area contributed by atoms with Crippen molar-refractivity contribution in [1.82, 2.24) is 5.32 Å². The molecule has 0 aromatic rings. The van der Waals surface area contributed by atoms with Gasteiger partial charge >= 0.3 is 0 Å². The summed E-state index contributed by atoms with van der Waals surface area (Å²) in [6, 6.07) is 0. The van der Waals surface area contributed by atoms with Gasteiger partial charge in [-0.25, -0.2) is 0 Å². The number of hydrogen-bond donors (Lipinski definition) is 2. The number of nitrogens with one attached hydrogen (secondary N) is 1. The molecule has 1 aliphatic heterocycles. The van der Waals surface area contributed by atoms with Crippen molar-refractivity contribution in [2.75, 3.05) is 19.7 Å². The molecular weight excluding hydrogens is 186 g/mol. The van der Waals surface area contributed by atoms with Crippen LogP contribution in [0.25, 0.3) is 0 Å². The minimum atomic E-state index is 0.213. The van der Waals surface area contributed by atoms with E-state index < -0.39 is 0 Å². The molecule has 0 bridgehead atoms. The summed E-state index contributed by atoms with van der Waals surface area (Å²) in [5.41, 5.74) is 0.213. The van der Waals surface area contributed by atoms with Crippen molar-refractivity contribution in [2.45, 2.75) is 58.3 Å². The van der Waals surface area contributed by atoms with E-state index in [1.807, 2.05) is 0 Å². The molecule has 1 aliphatic rings. The standard InChI is InChI=1S/C13H27NO/c1-2-3-4-5-6-8-13(12-15)9-7-10-14-11-13/h14-15H,2-12H2,1H3. The average molecular weight is 213 g/mol. The van der Waals surface area contributed by atoms with Crippen LogP contribution in [0.5, 0.6) is 0 Å². The lowest BCUT2D eigenvalue weighted by atomic mass is 9.77. The van der Waals surface area contributed by atoms with Crippen LogP contribution < -0.4 is 5.32 Å². The minimum Gasteiger partial charge on any atom is -0.396 e. The van der Waals surface area contributed by atoms with E-state index in [1.165, 1.54) is 51.4 Å². The van der Waals surface area contributed by atoms with Gasteiger partial charge in [0.15, 0.2) is 0 Å². The van der Waals surface area contributed by atoms with Gasteiger partial charge in [0.1, 0.15) is 0 Å². The highest BCUT2D eigenvalue weighted by Crippen LogP contribution is 2.31. The van der Waals surface area contributed by atoms with Crippen molar-refractivity contribution in [1.29, 1.82) is 0 Å². The molecular formula is C13H27NO. The molecule has 1 heterocycles. The Bertz CT molecular complexity index is 153. The third kappa shape index (κ3) is 4.52. The first-order chi connectivity index (χ1) is 7.33. The second-order valence-corrected chi connectivity index (χ2v) is 5.10. The van der Waals surface area contributed by atoms with Crippen LogP contribution in [0.3, 0.4) is 0 Å². The van der Waals surface area contributed by atoms with Gasteiger partial charge in [0.05, 0.1) is 0 Å². The highest BCUT2D eigenvalue weighted by Gasteiger charge is 2.30. The van der Waals surface area contributed by atoms with Crippen LogP contribution in [0.1, 0.15) is 58.3 Å². The lowest BCUT2D eigenvalue weighted by Crippen LogP contribution is -2.42. The van der Waals surface area contributed by atoms with Crippen LogP contribution in [-0.2, 0) is 0 Å². The largest absolute Gasteiger partial charge is 0.396 e. The first kappa shape index (κ1) is 13.0. The van der Waals surface area contributed by atoms with Gasteiger partial charge in [0.2, 0.25) is 0 Å². The average Bonchev–Trinajstić information content (AvgIpc) is 2.30. The van der Waals surface area contributed by atoms with E-state index in [4.69, 9.17) is 0 Å². The number of hydrogen-bond acceptors (Lipinski definition) is 2. The van der Waals surface area contributed by atoms with E-state index in [9.17, 15) is 5.11 Å². The predicted molar refractivity (Wildman–Crippen MR) is 65.0 cm³/mol. The SMILES string of the molecule is CCCCCCCC1(CO)CCCNC1. The molecule has 1 rings (SSSR count). The molecule has 1 fully saturated rings. The zero-order valence-corrected chi connectivity index (χ0v) is 10.2. The number of rotatable bonds is 7. The molecule has 1 atom stereocenters. The molecule has 2 heteroatoms. The number of piperidine rings is 1. The zero-order valence-electron chi connectivity index (χ0n) is 10.2. The van der Waals surface area contributed by atoms with Crippen LogP contribution in [0, 0.1) is 5.41 Å². The summed E-state index contributed by atoms with van der Waals surface area (Å²) < 4.78 is 0. The van der Waals surface area contributed by atoms with Crippen molar-refractivity contribution >= 4 is 0 Å². The second-order valence-electron chi connectivity index (χ2n) is 5.10. The number of unbranched alkanes of at least 4 members (excludes halogenated alkanes) is 4. The van der Waals surface area contributed by atoms with Crippen LogP contribution in [0.15, 0.2) is 0 Å². The number of aliphatic hydroxyl groups excluding tert-OH is 1. The Kier molecular flexibility index (Phi) is 6.26. The molecule has 0 amide bonds. The monoisotopic (exact) mass is 213 g/mol. The molecule has 2 nitrogen and oxygen atoms in total. The second kappa shape index (κ2) is 7.24. The van der Waals surface area contributed by atoms with Crippen molar-refractivity contribution in [3.05, 3.63) is 0 Å². The summed E-state index contributed by atoms with van der Waals surface area (Å²) in [6.07, 6.45) is 10.3. The maximum absolute atomic E-state index is 9.50. The molecule has 0 aliphatic carbocycles. The third-order valence-electron chi connectivity index (χ3n) is 3.71. The molecule has 0 radical (unpaired) electrons. The topological polar surface area (TPSA) is 32.3 Å². The van der Waals surface area contributed by atoms with Gasteiger partial charge in [-0.3, -0.25) is 0 Å². The molecule has 2 N–H and O–H groups in total. The smallest absolute Gasteiger partial charge is 0.0499 e. The summed E-state index contributed by atoms with van der Waals surface area (Å²) in [5.74, 6) is 0. The lowest BCUT2D eigenvalue weighted by Gasteiger charge is -2.36. The van der Waals surface area contributed by atoms with Gasteiger partial charge in [-0.1, -0.05) is 39.0 Å². The Labute approximate surface area is 94.5 Å². The van der Waals surface area contributed by atoms with E-state index >= 15 is 0 Å². The fourth-order valence-electron chi connectivity index (χ4n) is 2.56. The van der Waals surface area contributed by atoms with Crippen molar-refractivity contribution < 1.29 is 5.11 Å². The van der Waals surface area contributed by atoms with Gasteiger partial charge in [0.25, 0.3) is 0 Å². The van der Waals surface area contributed by atoms with Crippen molar-refractivity contribution in [2.24, 2.45) is 5.41 Å². The fraction of sp³-hybridized carbons (Fsp3) is 1.00. The Morgan fingerprint density at radius 1 is 1.20 bits per heavy atom. The van der Waals surface area contributed by atoms with Crippen molar-refractivity contribution in [3.63, 3.8) is 0 Å². The summed E-state index contributed by atoms with van der Waals surface area (Å²) in [6.45, 7) is 4.78. The highest BCUT2D eigenvalue weighted by molar-refractivity contribution is 4.84. The Hall–Kier alpha value is -0.0800. The molecule has 15 heavy (non-hydrogen) atoms. The first-order valence-electron chi connectivity index (χ1n) is 6.64. The molecule has 0 saturated carbocycles. The van der Waals surface area contributed by atoms with Gasteiger partial charge in [0, 0.05) is 18.6 Å². The molecule has 1 saturated heterocycles. The zero-order chi connectivity index (χ0) is 11.0. The quantitative estimate of drug-likeness (QED) is 0.637. The maximum atomic E-state index is 9.50. The lowest BCUT2D eigenvalue weighted by molar-refractivity contribution is 0.0830. The van der Waals surface area contributed by atoms with Gasteiger partial charge in [-0.15, -0.1) is 0 Å². The summed E-state index contributed by atoms with van der Waals surface area (Å²) in [7, 11) is 0. The fourth-order valence-corrected chi connectivity index (χ4v) is 2.56. The van der Waals surface area contributed by atoms with Crippen LogP contribution >= 0.6 is 0 Å². The Morgan fingerprint density at radius 2 is 2.00 bits per heavy atom. The normalized spacial score (nSPS) is 26.8. The third-order valence-corrected chi connectivity index (χ3v) is 3.71.